The number of nitrogens with zero attached hydrogens (tertiary/aromatic N) is 5. The van der Waals surface area contributed by atoms with E-state index in [1.165, 1.54) is 6.20 Å². The van der Waals surface area contributed by atoms with Gasteiger partial charge in [-0.1, -0.05) is 60.7 Å². The van der Waals surface area contributed by atoms with E-state index >= 15 is 0 Å². The molecule has 0 unspecified atom stereocenters. The second kappa shape index (κ2) is 10.4. The lowest BCUT2D eigenvalue weighted by atomic mass is 9.86. The average molecular weight is 573 g/mol. The number of hydrogen-bond acceptors (Lipinski definition) is 6. The summed E-state index contributed by atoms with van der Waals surface area (Å²) in [6.45, 7) is 4.39. The van der Waals surface area contributed by atoms with Crippen LogP contribution in [0.4, 0.5) is 5.69 Å². The van der Waals surface area contributed by atoms with Gasteiger partial charge in [-0.05, 0) is 48.7 Å². The first-order valence-corrected chi connectivity index (χ1v) is 15.3. The molecule has 3 aromatic carbocycles. The molecule has 3 aromatic heterocycles. The fourth-order valence-electron chi connectivity index (χ4n) is 5.09. The van der Waals surface area contributed by atoms with Gasteiger partial charge in [0.2, 0.25) is 10.0 Å². The number of sulfonamides is 1. The standard InChI is InChI=1S/C33H28N6O2S/c1-33(2,21-34)26-12-9-23(10-13-26)32-31-28-16-24(25-15-27(18-35-17-25)38-42(3,40)41)11-14-29(28)36-19-30(31)39(37-32)20-22-7-5-4-6-8-22/h4-19,38H,20H2,1-3H3. The van der Waals surface area contributed by atoms with Crippen molar-refractivity contribution >= 4 is 37.5 Å². The largest absolute Gasteiger partial charge is 0.282 e. The van der Waals surface area contributed by atoms with Crippen molar-refractivity contribution in [1.29, 1.82) is 5.26 Å². The Kier molecular flexibility index (Phi) is 6.71. The van der Waals surface area contributed by atoms with Crippen molar-refractivity contribution in [2.45, 2.75) is 25.8 Å². The average Bonchev–Trinajstić information content (AvgIpc) is 3.35. The van der Waals surface area contributed by atoms with E-state index in [1.807, 2.05) is 79.3 Å². The predicted octanol–water partition coefficient (Wildman–Crippen LogP) is 6.53. The van der Waals surface area contributed by atoms with Crippen LogP contribution in [0.3, 0.4) is 0 Å². The van der Waals surface area contributed by atoms with Gasteiger partial charge in [0.25, 0.3) is 0 Å². The van der Waals surface area contributed by atoms with E-state index in [0.29, 0.717) is 12.2 Å². The normalized spacial score (nSPS) is 12.0. The molecule has 0 spiro atoms. The SMILES string of the molecule is CC(C)(C#N)c1ccc(-c2nn(Cc3ccccc3)c3cnc4ccc(-c5cncc(NS(C)(=O)=O)c5)cc4c23)cc1. The molecule has 0 atom stereocenters. The van der Waals surface area contributed by atoms with Crippen LogP contribution in [0.1, 0.15) is 25.0 Å². The fourth-order valence-corrected chi connectivity index (χ4v) is 5.63. The molecule has 42 heavy (non-hydrogen) atoms. The molecule has 9 heteroatoms. The Labute approximate surface area is 244 Å². The molecule has 0 saturated heterocycles. The van der Waals surface area contributed by atoms with E-state index in [0.717, 1.165) is 61.6 Å². The van der Waals surface area contributed by atoms with Crippen LogP contribution in [0, 0.1) is 11.3 Å². The smallest absolute Gasteiger partial charge is 0.229 e. The van der Waals surface area contributed by atoms with E-state index in [2.05, 4.69) is 34.0 Å². The minimum atomic E-state index is -3.44. The number of aromatic nitrogens is 4. The van der Waals surface area contributed by atoms with Gasteiger partial charge in [-0.25, -0.2) is 8.42 Å². The van der Waals surface area contributed by atoms with Gasteiger partial charge >= 0.3 is 0 Å². The zero-order valence-electron chi connectivity index (χ0n) is 23.4. The maximum atomic E-state index is 11.8. The number of benzene rings is 3. The van der Waals surface area contributed by atoms with E-state index in [-0.39, 0.29) is 0 Å². The lowest BCUT2D eigenvalue weighted by Gasteiger charge is -2.15. The summed E-state index contributed by atoms with van der Waals surface area (Å²) in [5.41, 5.74) is 6.94. The topological polar surface area (TPSA) is 114 Å². The molecule has 3 heterocycles. The van der Waals surface area contributed by atoms with Crippen molar-refractivity contribution < 1.29 is 8.42 Å². The third-order valence-electron chi connectivity index (χ3n) is 7.29. The lowest BCUT2D eigenvalue weighted by molar-refractivity contribution is 0.607. The first-order chi connectivity index (χ1) is 20.1. The zero-order chi connectivity index (χ0) is 29.5. The number of nitrogens with one attached hydrogen (secondary N) is 1. The predicted molar refractivity (Wildman–Crippen MR) is 166 cm³/mol. The molecule has 0 aliphatic carbocycles. The van der Waals surface area contributed by atoms with Crippen LogP contribution in [-0.2, 0) is 22.0 Å². The van der Waals surface area contributed by atoms with Crippen LogP contribution in [-0.4, -0.2) is 34.4 Å². The Bertz CT molecular complexity index is 2100. The highest BCUT2D eigenvalue weighted by molar-refractivity contribution is 7.92. The molecule has 8 nitrogen and oxygen atoms in total. The number of nitriles is 1. The highest BCUT2D eigenvalue weighted by Crippen LogP contribution is 2.36. The second-order valence-corrected chi connectivity index (χ2v) is 12.6. The zero-order valence-corrected chi connectivity index (χ0v) is 24.2. The number of anilines is 1. The maximum absolute atomic E-state index is 11.8. The van der Waals surface area contributed by atoms with Gasteiger partial charge in [0.15, 0.2) is 0 Å². The van der Waals surface area contributed by atoms with Crippen LogP contribution < -0.4 is 4.72 Å². The van der Waals surface area contributed by atoms with E-state index in [4.69, 9.17) is 10.1 Å². The molecule has 0 aliphatic rings. The molecule has 0 saturated carbocycles. The van der Waals surface area contributed by atoms with Crippen LogP contribution in [0.25, 0.3) is 44.2 Å². The number of pyridine rings is 2. The van der Waals surface area contributed by atoms with Gasteiger partial charge in [-0.15, -0.1) is 0 Å². The Morgan fingerprint density at radius 2 is 1.64 bits per heavy atom. The maximum Gasteiger partial charge on any atom is 0.229 e. The highest BCUT2D eigenvalue weighted by Gasteiger charge is 2.21. The van der Waals surface area contributed by atoms with Crippen molar-refractivity contribution in [3.05, 3.63) is 109 Å². The monoisotopic (exact) mass is 572 g/mol. The molecule has 1 N–H and O–H groups in total. The Morgan fingerprint density at radius 1 is 0.905 bits per heavy atom. The van der Waals surface area contributed by atoms with Gasteiger partial charge in [0, 0.05) is 28.1 Å². The summed E-state index contributed by atoms with van der Waals surface area (Å²) >= 11 is 0. The van der Waals surface area contributed by atoms with Gasteiger partial charge in [0.1, 0.15) is 5.69 Å². The summed E-state index contributed by atoms with van der Waals surface area (Å²) in [6, 6.07) is 28.3. The quantitative estimate of drug-likeness (QED) is 0.233. The number of fused-ring (bicyclic) bond motifs is 3. The van der Waals surface area contributed by atoms with Gasteiger partial charge in [0.05, 0.1) is 53.4 Å². The number of rotatable bonds is 7. The fraction of sp³-hybridized carbons (Fsp3) is 0.152. The summed E-state index contributed by atoms with van der Waals surface area (Å²) in [4.78, 5) is 9.03. The molecule has 208 valence electrons. The molecule has 0 radical (unpaired) electrons. The molecule has 0 aliphatic heterocycles. The molecular formula is C33H28N6O2S. The van der Waals surface area contributed by atoms with Crippen LogP contribution in [0.2, 0.25) is 0 Å². The first kappa shape index (κ1) is 27.1. The molecular weight excluding hydrogens is 544 g/mol. The molecule has 6 rings (SSSR count). The Balaban J connectivity index is 1.55. The van der Waals surface area contributed by atoms with Crippen LogP contribution >= 0.6 is 0 Å². The van der Waals surface area contributed by atoms with Crippen molar-refractivity contribution in [2.24, 2.45) is 0 Å². The van der Waals surface area contributed by atoms with Gasteiger partial charge in [-0.3, -0.25) is 19.4 Å². The summed E-state index contributed by atoms with van der Waals surface area (Å²) in [5.74, 6) is 0. The third kappa shape index (κ3) is 5.32. The van der Waals surface area contributed by atoms with Crippen molar-refractivity contribution in [3.8, 4) is 28.5 Å². The third-order valence-corrected chi connectivity index (χ3v) is 7.90. The summed E-state index contributed by atoms with van der Waals surface area (Å²) in [5, 5.41) is 16.6. The molecule has 6 aromatic rings. The molecule has 0 fully saturated rings. The molecule has 0 amide bonds. The first-order valence-electron chi connectivity index (χ1n) is 13.4. The van der Waals surface area contributed by atoms with Crippen LogP contribution in [0.5, 0.6) is 0 Å². The van der Waals surface area contributed by atoms with Gasteiger partial charge < -0.3 is 0 Å². The van der Waals surface area contributed by atoms with Gasteiger partial charge in [-0.2, -0.15) is 10.4 Å². The van der Waals surface area contributed by atoms with Crippen LogP contribution in [0.15, 0.2) is 97.5 Å². The van der Waals surface area contributed by atoms with Crippen molar-refractivity contribution in [1.82, 2.24) is 19.7 Å². The minimum absolute atomic E-state index is 0.392. The minimum Gasteiger partial charge on any atom is -0.282 e. The lowest BCUT2D eigenvalue weighted by Crippen LogP contribution is -2.13. The Hall–Kier alpha value is -5.07. The van der Waals surface area contributed by atoms with E-state index in [1.54, 1.807) is 12.3 Å². The van der Waals surface area contributed by atoms with Crippen molar-refractivity contribution in [3.63, 3.8) is 0 Å². The summed E-state index contributed by atoms with van der Waals surface area (Å²) < 4.78 is 28.1. The summed E-state index contributed by atoms with van der Waals surface area (Å²) in [7, 11) is -3.44. The summed E-state index contributed by atoms with van der Waals surface area (Å²) in [6.07, 6.45) is 6.16. The van der Waals surface area contributed by atoms with Crippen molar-refractivity contribution in [2.75, 3.05) is 11.0 Å². The highest BCUT2D eigenvalue weighted by atomic mass is 32.2. The van der Waals surface area contributed by atoms with E-state index in [9.17, 15) is 13.7 Å². The molecule has 0 bridgehead atoms. The second-order valence-electron chi connectivity index (χ2n) is 10.9. The Morgan fingerprint density at radius 3 is 2.36 bits per heavy atom. The van der Waals surface area contributed by atoms with E-state index < -0.39 is 15.4 Å². The number of hydrogen-bond donors (Lipinski definition) is 1.